The summed E-state index contributed by atoms with van der Waals surface area (Å²) in [4.78, 5) is 22.3. The van der Waals surface area contributed by atoms with Gasteiger partial charge in [0.25, 0.3) is 0 Å². The van der Waals surface area contributed by atoms with Gasteiger partial charge in [-0.3, -0.25) is 4.79 Å². The molecule has 5 nitrogen and oxygen atoms in total. The molecule has 1 aliphatic rings. The van der Waals surface area contributed by atoms with Crippen molar-refractivity contribution in [1.82, 2.24) is 5.32 Å². The zero-order chi connectivity index (χ0) is 13.6. The second kappa shape index (κ2) is 6.73. The number of ether oxygens (including phenoxy) is 2. The summed E-state index contributed by atoms with van der Waals surface area (Å²) in [6.45, 7) is 7.46. The van der Waals surface area contributed by atoms with Crippen LogP contribution in [0.1, 0.15) is 40.0 Å². The van der Waals surface area contributed by atoms with E-state index in [1.54, 1.807) is 6.92 Å². The zero-order valence-electron chi connectivity index (χ0n) is 11.5. The Labute approximate surface area is 108 Å². The molecule has 1 aliphatic heterocycles. The van der Waals surface area contributed by atoms with Crippen LogP contribution in [0.15, 0.2) is 0 Å². The van der Waals surface area contributed by atoms with Gasteiger partial charge < -0.3 is 14.8 Å². The SMILES string of the molecule is CCOC(=O)C(=O)NCCC1CCC(C)(C)CO1. The third kappa shape index (κ3) is 5.04. The van der Waals surface area contributed by atoms with Crippen LogP contribution in [0.3, 0.4) is 0 Å². The van der Waals surface area contributed by atoms with E-state index in [1.165, 1.54) is 0 Å². The van der Waals surface area contributed by atoms with E-state index in [9.17, 15) is 9.59 Å². The van der Waals surface area contributed by atoms with Crippen molar-refractivity contribution in [3.8, 4) is 0 Å². The number of hydrogen-bond donors (Lipinski definition) is 1. The van der Waals surface area contributed by atoms with Crippen LogP contribution in [-0.2, 0) is 19.1 Å². The molecule has 0 radical (unpaired) electrons. The fraction of sp³-hybridized carbons (Fsp3) is 0.846. The highest BCUT2D eigenvalue weighted by Crippen LogP contribution is 2.30. The standard InChI is InChI=1S/C13H23NO4/c1-4-17-12(16)11(15)14-8-6-10-5-7-13(2,3)9-18-10/h10H,4-9H2,1-3H3,(H,14,15). The maximum absolute atomic E-state index is 11.3. The van der Waals surface area contributed by atoms with Crippen LogP contribution in [0.25, 0.3) is 0 Å². The van der Waals surface area contributed by atoms with Gasteiger partial charge in [-0.05, 0) is 31.6 Å². The molecule has 0 aliphatic carbocycles. The van der Waals surface area contributed by atoms with Crippen LogP contribution in [-0.4, -0.2) is 37.7 Å². The normalized spacial score (nSPS) is 22.3. The maximum Gasteiger partial charge on any atom is 0.396 e. The molecule has 1 rings (SSSR count). The van der Waals surface area contributed by atoms with Crippen molar-refractivity contribution in [2.45, 2.75) is 46.1 Å². The maximum atomic E-state index is 11.3. The Morgan fingerprint density at radius 2 is 2.17 bits per heavy atom. The number of esters is 1. The quantitative estimate of drug-likeness (QED) is 0.608. The van der Waals surface area contributed by atoms with Crippen molar-refractivity contribution >= 4 is 11.9 Å². The third-order valence-electron chi connectivity index (χ3n) is 3.07. The molecular formula is C13H23NO4. The molecule has 1 unspecified atom stereocenters. The Morgan fingerprint density at radius 1 is 1.44 bits per heavy atom. The van der Waals surface area contributed by atoms with Crippen molar-refractivity contribution in [1.29, 1.82) is 0 Å². The molecular weight excluding hydrogens is 234 g/mol. The molecule has 0 aromatic heterocycles. The minimum absolute atomic E-state index is 0.181. The highest BCUT2D eigenvalue weighted by molar-refractivity contribution is 6.32. The Hall–Kier alpha value is -1.10. The van der Waals surface area contributed by atoms with E-state index < -0.39 is 11.9 Å². The van der Waals surface area contributed by atoms with Gasteiger partial charge in [-0.1, -0.05) is 13.8 Å². The van der Waals surface area contributed by atoms with E-state index >= 15 is 0 Å². The summed E-state index contributed by atoms with van der Waals surface area (Å²) < 4.78 is 10.3. The van der Waals surface area contributed by atoms with Gasteiger partial charge in [0.05, 0.1) is 19.3 Å². The molecule has 0 bridgehead atoms. The van der Waals surface area contributed by atoms with E-state index in [2.05, 4.69) is 23.9 Å². The van der Waals surface area contributed by atoms with E-state index in [4.69, 9.17) is 4.74 Å². The fourth-order valence-corrected chi connectivity index (χ4v) is 1.89. The van der Waals surface area contributed by atoms with E-state index in [-0.39, 0.29) is 18.1 Å². The molecule has 1 saturated heterocycles. The summed E-state index contributed by atoms with van der Waals surface area (Å²) in [5.74, 6) is -1.49. The number of nitrogens with one attached hydrogen (secondary N) is 1. The fourth-order valence-electron chi connectivity index (χ4n) is 1.89. The predicted octanol–water partition coefficient (Wildman–Crippen LogP) is 1.26. The number of hydrogen-bond acceptors (Lipinski definition) is 4. The van der Waals surface area contributed by atoms with Crippen LogP contribution in [0, 0.1) is 5.41 Å². The molecule has 1 heterocycles. The van der Waals surface area contributed by atoms with Gasteiger partial charge in [-0.2, -0.15) is 0 Å². The summed E-state index contributed by atoms with van der Waals surface area (Å²) >= 11 is 0. The number of carbonyl (C=O) groups is 2. The highest BCUT2D eigenvalue weighted by atomic mass is 16.5. The molecule has 1 atom stereocenters. The minimum Gasteiger partial charge on any atom is -0.459 e. The van der Waals surface area contributed by atoms with Crippen LogP contribution in [0.4, 0.5) is 0 Å². The summed E-state index contributed by atoms with van der Waals surface area (Å²) in [7, 11) is 0. The second-order valence-electron chi connectivity index (χ2n) is 5.40. The van der Waals surface area contributed by atoms with Crippen LogP contribution in [0.2, 0.25) is 0 Å². The number of amides is 1. The Morgan fingerprint density at radius 3 is 2.72 bits per heavy atom. The topological polar surface area (TPSA) is 64.6 Å². The lowest BCUT2D eigenvalue weighted by Crippen LogP contribution is -2.37. The lowest BCUT2D eigenvalue weighted by Gasteiger charge is -2.34. The number of carbonyl (C=O) groups excluding carboxylic acids is 2. The Kier molecular flexibility index (Phi) is 5.59. The molecule has 18 heavy (non-hydrogen) atoms. The van der Waals surface area contributed by atoms with Gasteiger partial charge in [-0.15, -0.1) is 0 Å². The van der Waals surface area contributed by atoms with Gasteiger partial charge in [0.15, 0.2) is 0 Å². The predicted molar refractivity (Wildman–Crippen MR) is 67.0 cm³/mol. The first-order valence-electron chi connectivity index (χ1n) is 6.51. The first kappa shape index (κ1) is 15.0. The van der Waals surface area contributed by atoms with Gasteiger partial charge in [0.1, 0.15) is 0 Å². The summed E-state index contributed by atoms with van der Waals surface area (Å²) in [6.07, 6.45) is 3.05. The van der Waals surface area contributed by atoms with Crippen molar-refractivity contribution in [2.24, 2.45) is 5.41 Å². The van der Waals surface area contributed by atoms with Gasteiger partial charge in [0.2, 0.25) is 0 Å². The second-order valence-corrected chi connectivity index (χ2v) is 5.40. The van der Waals surface area contributed by atoms with E-state index in [0.717, 1.165) is 25.9 Å². The molecule has 0 aromatic rings. The highest BCUT2D eigenvalue weighted by Gasteiger charge is 2.27. The lowest BCUT2D eigenvalue weighted by atomic mass is 9.85. The molecule has 104 valence electrons. The Balaban J connectivity index is 2.15. The van der Waals surface area contributed by atoms with Crippen molar-refractivity contribution in [3.05, 3.63) is 0 Å². The molecule has 0 spiro atoms. The third-order valence-corrected chi connectivity index (χ3v) is 3.07. The van der Waals surface area contributed by atoms with Crippen molar-refractivity contribution in [3.63, 3.8) is 0 Å². The van der Waals surface area contributed by atoms with Crippen molar-refractivity contribution < 1.29 is 19.1 Å². The summed E-state index contributed by atoms with van der Waals surface area (Å²) in [6, 6.07) is 0. The van der Waals surface area contributed by atoms with Crippen LogP contribution < -0.4 is 5.32 Å². The monoisotopic (exact) mass is 257 g/mol. The lowest BCUT2D eigenvalue weighted by molar-refractivity contribution is -0.154. The van der Waals surface area contributed by atoms with Gasteiger partial charge in [0, 0.05) is 6.54 Å². The average Bonchev–Trinajstić information content (AvgIpc) is 2.31. The largest absolute Gasteiger partial charge is 0.459 e. The summed E-state index contributed by atoms with van der Waals surface area (Å²) in [5.41, 5.74) is 0.255. The molecule has 1 amide bonds. The van der Waals surface area contributed by atoms with Gasteiger partial charge >= 0.3 is 11.9 Å². The molecule has 0 aromatic carbocycles. The zero-order valence-corrected chi connectivity index (χ0v) is 11.5. The van der Waals surface area contributed by atoms with E-state index in [1.807, 2.05) is 0 Å². The first-order valence-corrected chi connectivity index (χ1v) is 6.51. The van der Waals surface area contributed by atoms with Crippen LogP contribution in [0.5, 0.6) is 0 Å². The number of rotatable bonds is 4. The smallest absolute Gasteiger partial charge is 0.396 e. The van der Waals surface area contributed by atoms with Gasteiger partial charge in [-0.25, -0.2) is 4.79 Å². The van der Waals surface area contributed by atoms with Crippen LogP contribution >= 0.6 is 0 Å². The molecule has 0 saturated carbocycles. The molecule has 1 fully saturated rings. The van der Waals surface area contributed by atoms with Crippen molar-refractivity contribution in [2.75, 3.05) is 19.8 Å². The average molecular weight is 257 g/mol. The Bertz CT molecular complexity index is 291. The van der Waals surface area contributed by atoms with E-state index in [0.29, 0.717) is 6.54 Å². The minimum atomic E-state index is -0.816. The molecule has 5 heteroatoms. The molecule has 1 N–H and O–H groups in total. The summed E-state index contributed by atoms with van der Waals surface area (Å²) in [5, 5.41) is 2.54. The first-order chi connectivity index (χ1) is 8.44.